The lowest BCUT2D eigenvalue weighted by molar-refractivity contribution is -0.137. The predicted molar refractivity (Wildman–Crippen MR) is 123 cm³/mol. The van der Waals surface area contributed by atoms with Crippen LogP contribution in [0.15, 0.2) is 54.7 Å². The van der Waals surface area contributed by atoms with Gasteiger partial charge in [-0.2, -0.15) is 18.2 Å². The van der Waals surface area contributed by atoms with Crippen molar-refractivity contribution in [2.45, 2.75) is 33.4 Å². The van der Waals surface area contributed by atoms with Crippen molar-refractivity contribution in [2.75, 3.05) is 23.8 Å². The molecule has 176 valence electrons. The number of hydrogen-bond donors (Lipinski definition) is 2. The van der Waals surface area contributed by atoms with Crippen LogP contribution in [0.5, 0.6) is 11.5 Å². The van der Waals surface area contributed by atoms with Crippen molar-refractivity contribution in [3.63, 3.8) is 0 Å². The standard InChI is InChI=1S/C24H27F3N4O2/c1-4-13-32-19-9-5-17(6-10-19)29-22-21(24(25,26)27)14-28-23(31-22)30-18-7-11-20(12-8-18)33-15-16(2)3/h5-12,14,16H,4,13,15H2,1-3H3,(H2,28,29,30,31). The minimum absolute atomic E-state index is 0.0317. The molecule has 0 saturated carbocycles. The van der Waals surface area contributed by atoms with Gasteiger partial charge in [0.15, 0.2) is 0 Å². The molecule has 2 N–H and O–H groups in total. The van der Waals surface area contributed by atoms with Crippen LogP contribution in [-0.2, 0) is 6.18 Å². The van der Waals surface area contributed by atoms with Crippen LogP contribution >= 0.6 is 0 Å². The van der Waals surface area contributed by atoms with E-state index in [-0.39, 0.29) is 11.8 Å². The van der Waals surface area contributed by atoms with Gasteiger partial charge in [-0.25, -0.2) is 4.98 Å². The number of hydrogen-bond acceptors (Lipinski definition) is 6. The summed E-state index contributed by atoms with van der Waals surface area (Å²) in [7, 11) is 0. The third kappa shape index (κ3) is 7.27. The minimum Gasteiger partial charge on any atom is -0.494 e. The maximum absolute atomic E-state index is 13.5. The summed E-state index contributed by atoms with van der Waals surface area (Å²) in [6.45, 7) is 7.26. The van der Waals surface area contributed by atoms with E-state index in [9.17, 15) is 13.2 Å². The van der Waals surface area contributed by atoms with Crippen molar-refractivity contribution in [3.8, 4) is 11.5 Å². The van der Waals surface area contributed by atoms with E-state index in [0.717, 1.165) is 12.6 Å². The molecule has 1 aromatic heterocycles. The summed E-state index contributed by atoms with van der Waals surface area (Å²) in [5.74, 6) is 1.43. The van der Waals surface area contributed by atoms with Gasteiger partial charge >= 0.3 is 6.18 Å². The maximum Gasteiger partial charge on any atom is 0.421 e. The Bertz CT molecular complexity index is 1020. The van der Waals surface area contributed by atoms with Crippen molar-refractivity contribution in [3.05, 3.63) is 60.3 Å². The zero-order chi connectivity index (χ0) is 23.8. The van der Waals surface area contributed by atoms with Crippen molar-refractivity contribution in [2.24, 2.45) is 5.92 Å². The fraction of sp³-hybridized carbons (Fsp3) is 0.333. The van der Waals surface area contributed by atoms with Crippen molar-refractivity contribution in [1.29, 1.82) is 0 Å². The van der Waals surface area contributed by atoms with Gasteiger partial charge in [0.1, 0.15) is 22.9 Å². The second kappa shape index (κ2) is 10.9. The minimum atomic E-state index is -4.61. The van der Waals surface area contributed by atoms with Crippen LogP contribution in [0.4, 0.5) is 36.3 Å². The summed E-state index contributed by atoms with van der Waals surface area (Å²) in [5.41, 5.74) is 0.104. The fourth-order valence-corrected chi connectivity index (χ4v) is 2.76. The molecule has 6 nitrogen and oxygen atoms in total. The number of alkyl halides is 3. The molecule has 0 aliphatic rings. The number of benzene rings is 2. The van der Waals surface area contributed by atoms with Gasteiger partial charge in [0, 0.05) is 17.6 Å². The molecule has 1 heterocycles. The van der Waals surface area contributed by atoms with Gasteiger partial charge in [0.2, 0.25) is 5.95 Å². The number of ether oxygens (including phenoxy) is 2. The first kappa shape index (κ1) is 24.2. The Hall–Kier alpha value is -3.49. The number of halogens is 3. The van der Waals surface area contributed by atoms with Gasteiger partial charge < -0.3 is 20.1 Å². The van der Waals surface area contributed by atoms with Crippen LogP contribution in [0.25, 0.3) is 0 Å². The Kier molecular flexibility index (Phi) is 7.97. The molecule has 33 heavy (non-hydrogen) atoms. The van der Waals surface area contributed by atoms with Gasteiger partial charge in [-0.05, 0) is 60.9 Å². The lowest BCUT2D eigenvalue weighted by Gasteiger charge is -2.15. The predicted octanol–water partition coefficient (Wildman–Crippen LogP) is 6.81. The molecule has 0 fully saturated rings. The van der Waals surface area contributed by atoms with E-state index < -0.39 is 11.7 Å². The second-order valence-electron chi connectivity index (χ2n) is 7.81. The van der Waals surface area contributed by atoms with E-state index in [1.807, 2.05) is 6.92 Å². The maximum atomic E-state index is 13.5. The first-order chi connectivity index (χ1) is 15.7. The Morgan fingerprint density at radius 3 is 2.00 bits per heavy atom. The largest absolute Gasteiger partial charge is 0.494 e. The van der Waals surface area contributed by atoms with Gasteiger partial charge in [-0.15, -0.1) is 0 Å². The molecule has 3 rings (SSSR count). The molecule has 0 amide bonds. The Labute approximate surface area is 191 Å². The van der Waals surface area contributed by atoms with Crippen molar-refractivity contribution in [1.82, 2.24) is 9.97 Å². The highest BCUT2D eigenvalue weighted by molar-refractivity contribution is 5.63. The molecule has 9 heteroatoms. The Morgan fingerprint density at radius 1 is 0.879 bits per heavy atom. The third-order valence-corrected chi connectivity index (χ3v) is 4.38. The SMILES string of the molecule is CCCOc1ccc(Nc2nc(Nc3ccc(OCC(C)C)cc3)ncc2C(F)(F)F)cc1. The molecule has 0 saturated heterocycles. The van der Waals surface area contributed by atoms with Gasteiger partial charge in [0.05, 0.1) is 13.2 Å². The number of nitrogens with one attached hydrogen (secondary N) is 2. The van der Waals surface area contributed by atoms with Gasteiger partial charge in [-0.3, -0.25) is 0 Å². The number of nitrogens with zero attached hydrogens (tertiary/aromatic N) is 2. The molecule has 0 unspecified atom stereocenters. The molecule has 0 aliphatic carbocycles. The van der Waals surface area contributed by atoms with Crippen LogP contribution in [0, 0.1) is 5.92 Å². The normalized spacial score (nSPS) is 11.4. The third-order valence-electron chi connectivity index (χ3n) is 4.38. The smallest absolute Gasteiger partial charge is 0.421 e. The number of anilines is 4. The monoisotopic (exact) mass is 460 g/mol. The molecule has 0 atom stereocenters. The summed E-state index contributed by atoms with van der Waals surface area (Å²) in [6.07, 6.45) is -2.99. The highest BCUT2D eigenvalue weighted by Gasteiger charge is 2.35. The van der Waals surface area contributed by atoms with Crippen LogP contribution in [-0.4, -0.2) is 23.2 Å². The number of aromatic nitrogens is 2. The van der Waals surface area contributed by atoms with E-state index >= 15 is 0 Å². The van der Waals surface area contributed by atoms with Crippen molar-refractivity contribution >= 4 is 23.1 Å². The van der Waals surface area contributed by atoms with Crippen LogP contribution < -0.4 is 20.1 Å². The van der Waals surface area contributed by atoms with E-state index in [1.165, 1.54) is 0 Å². The van der Waals surface area contributed by atoms with E-state index in [4.69, 9.17) is 9.47 Å². The molecule has 2 aromatic carbocycles. The summed E-state index contributed by atoms with van der Waals surface area (Å²) < 4.78 is 51.7. The lowest BCUT2D eigenvalue weighted by Crippen LogP contribution is -2.12. The molecule has 0 radical (unpaired) electrons. The van der Waals surface area contributed by atoms with E-state index in [0.29, 0.717) is 42.0 Å². The molecule has 0 aliphatic heterocycles. The average molecular weight is 461 g/mol. The first-order valence-electron chi connectivity index (χ1n) is 10.7. The molecule has 3 aromatic rings. The topological polar surface area (TPSA) is 68.3 Å². The molecular formula is C24H27F3N4O2. The lowest BCUT2D eigenvalue weighted by atomic mass is 10.2. The summed E-state index contributed by atoms with van der Waals surface area (Å²) in [4.78, 5) is 7.91. The molecule has 0 spiro atoms. The number of rotatable bonds is 10. The van der Waals surface area contributed by atoms with Crippen LogP contribution in [0.1, 0.15) is 32.8 Å². The Balaban J connectivity index is 1.77. The van der Waals surface area contributed by atoms with Crippen molar-refractivity contribution < 1.29 is 22.6 Å². The zero-order valence-electron chi connectivity index (χ0n) is 18.7. The quantitative estimate of drug-likeness (QED) is 0.347. The molecular weight excluding hydrogens is 433 g/mol. The van der Waals surface area contributed by atoms with Crippen LogP contribution in [0.2, 0.25) is 0 Å². The summed E-state index contributed by atoms with van der Waals surface area (Å²) in [6, 6.07) is 13.7. The zero-order valence-corrected chi connectivity index (χ0v) is 18.7. The summed E-state index contributed by atoms with van der Waals surface area (Å²) >= 11 is 0. The fourth-order valence-electron chi connectivity index (χ4n) is 2.76. The first-order valence-corrected chi connectivity index (χ1v) is 10.7. The van der Waals surface area contributed by atoms with E-state index in [1.54, 1.807) is 48.5 Å². The Morgan fingerprint density at radius 2 is 1.45 bits per heavy atom. The van der Waals surface area contributed by atoms with Gasteiger partial charge in [0.25, 0.3) is 0 Å². The van der Waals surface area contributed by atoms with Gasteiger partial charge in [-0.1, -0.05) is 20.8 Å². The second-order valence-corrected chi connectivity index (χ2v) is 7.81. The van der Waals surface area contributed by atoms with Crippen LogP contribution in [0.3, 0.4) is 0 Å². The summed E-state index contributed by atoms with van der Waals surface area (Å²) in [5, 5.41) is 5.67. The van der Waals surface area contributed by atoms with E-state index in [2.05, 4.69) is 34.4 Å². The highest BCUT2D eigenvalue weighted by atomic mass is 19.4. The molecule has 0 bridgehead atoms. The highest BCUT2D eigenvalue weighted by Crippen LogP contribution is 2.35. The average Bonchev–Trinajstić information content (AvgIpc) is 2.77.